The lowest BCUT2D eigenvalue weighted by atomic mass is 10.1. The molecule has 0 atom stereocenters. The lowest BCUT2D eigenvalue weighted by Crippen LogP contribution is -2.08. The van der Waals surface area contributed by atoms with Crippen LogP contribution in [-0.2, 0) is 11.2 Å². The molecule has 0 radical (unpaired) electrons. The second-order valence-corrected chi connectivity index (χ2v) is 4.81. The minimum atomic E-state index is 0.00520. The van der Waals surface area contributed by atoms with Crippen molar-refractivity contribution in [3.05, 3.63) is 47.0 Å². The number of thiazole rings is 1. The number of benzene rings is 1. The highest BCUT2D eigenvalue weighted by Crippen LogP contribution is 2.21. The number of nitrogens with one attached hydrogen (secondary N) is 1. The van der Waals surface area contributed by atoms with Crippen LogP contribution in [0.1, 0.15) is 23.8 Å². The van der Waals surface area contributed by atoms with E-state index in [2.05, 4.69) is 22.4 Å². The summed E-state index contributed by atoms with van der Waals surface area (Å²) >= 11 is 1.53. The van der Waals surface area contributed by atoms with Crippen LogP contribution in [0.25, 0.3) is 0 Å². The molecule has 1 N–H and O–H groups in total. The van der Waals surface area contributed by atoms with Crippen molar-refractivity contribution in [3.8, 4) is 0 Å². The average molecular weight is 246 g/mol. The molecule has 17 heavy (non-hydrogen) atoms. The summed E-state index contributed by atoms with van der Waals surface area (Å²) in [4.78, 5) is 16.5. The van der Waals surface area contributed by atoms with Crippen molar-refractivity contribution in [1.82, 2.24) is 4.98 Å². The number of nitrogens with zero attached hydrogens (tertiary/aromatic N) is 1. The monoisotopic (exact) mass is 246 g/mol. The van der Waals surface area contributed by atoms with Crippen LogP contribution < -0.4 is 5.32 Å². The Bertz CT molecular complexity index is 493. The predicted molar refractivity (Wildman–Crippen MR) is 70.3 cm³/mol. The van der Waals surface area contributed by atoms with E-state index in [0.717, 1.165) is 11.3 Å². The van der Waals surface area contributed by atoms with Gasteiger partial charge in [0.2, 0.25) is 5.91 Å². The molecular formula is C13H14N2OS. The molecule has 0 aliphatic heterocycles. The summed E-state index contributed by atoms with van der Waals surface area (Å²) in [7, 11) is 0. The lowest BCUT2D eigenvalue weighted by molar-refractivity contribution is -0.115. The zero-order chi connectivity index (χ0) is 12.1. The Morgan fingerprint density at radius 1 is 1.35 bits per heavy atom. The molecule has 0 fully saturated rings. The molecule has 1 aromatic carbocycles. The number of carbonyl (C=O) groups excluding carboxylic acids is 1. The van der Waals surface area contributed by atoms with Gasteiger partial charge >= 0.3 is 0 Å². The summed E-state index contributed by atoms with van der Waals surface area (Å²) in [6.45, 7) is 1.83. The van der Waals surface area contributed by atoms with Crippen LogP contribution >= 0.6 is 11.3 Å². The van der Waals surface area contributed by atoms with Crippen LogP contribution in [0.3, 0.4) is 0 Å². The number of anilines is 1. The molecule has 0 saturated heterocycles. The molecule has 0 bridgehead atoms. The van der Waals surface area contributed by atoms with Crippen molar-refractivity contribution < 1.29 is 4.79 Å². The van der Waals surface area contributed by atoms with Gasteiger partial charge in [-0.05, 0) is 5.56 Å². The highest BCUT2D eigenvalue weighted by Gasteiger charge is 2.05. The maximum atomic E-state index is 11.2. The maximum Gasteiger partial charge on any atom is 0.225 e. The van der Waals surface area contributed by atoms with Crippen LogP contribution in [0.5, 0.6) is 0 Å². The highest BCUT2D eigenvalue weighted by atomic mass is 32.1. The summed E-state index contributed by atoms with van der Waals surface area (Å²) < 4.78 is 0. The van der Waals surface area contributed by atoms with Crippen molar-refractivity contribution in [1.29, 1.82) is 0 Å². The molecule has 1 amide bonds. The molecule has 4 heteroatoms. The van der Waals surface area contributed by atoms with E-state index in [-0.39, 0.29) is 5.91 Å². The van der Waals surface area contributed by atoms with E-state index < -0.39 is 0 Å². The van der Waals surface area contributed by atoms with E-state index in [9.17, 15) is 4.79 Å². The van der Waals surface area contributed by atoms with E-state index >= 15 is 0 Å². The fraction of sp³-hybridized carbons (Fsp3) is 0.231. The normalized spacial score (nSPS) is 10.2. The lowest BCUT2D eigenvalue weighted by Gasteiger charge is -1.97. The summed E-state index contributed by atoms with van der Waals surface area (Å²) in [6.07, 6.45) is 3.16. The Morgan fingerprint density at radius 3 is 2.82 bits per heavy atom. The fourth-order valence-electron chi connectivity index (χ4n) is 1.45. The molecule has 0 aliphatic carbocycles. The van der Waals surface area contributed by atoms with Crippen molar-refractivity contribution >= 4 is 22.4 Å². The zero-order valence-corrected chi connectivity index (χ0v) is 10.5. The van der Waals surface area contributed by atoms with Crippen molar-refractivity contribution in [2.75, 3.05) is 5.32 Å². The van der Waals surface area contributed by atoms with Crippen molar-refractivity contribution in [3.63, 3.8) is 0 Å². The van der Waals surface area contributed by atoms with Gasteiger partial charge in [0.1, 0.15) is 0 Å². The number of carbonyl (C=O) groups is 1. The Hall–Kier alpha value is -1.68. The van der Waals surface area contributed by atoms with Crippen molar-refractivity contribution in [2.45, 2.75) is 19.8 Å². The second-order valence-electron chi connectivity index (χ2n) is 3.70. The first-order valence-corrected chi connectivity index (χ1v) is 6.38. The van der Waals surface area contributed by atoms with Gasteiger partial charge in [-0.1, -0.05) is 37.3 Å². The molecule has 88 valence electrons. The topological polar surface area (TPSA) is 42.0 Å². The summed E-state index contributed by atoms with van der Waals surface area (Å²) in [6, 6.07) is 10.2. The van der Waals surface area contributed by atoms with E-state index in [4.69, 9.17) is 0 Å². The molecule has 0 unspecified atom stereocenters. The van der Waals surface area contributed by atoms with Gasteiger partial charge in [0.05, 0.1) is 0 Å². The van der Waals surface area contributed by atoms with Crippen LogP contribution in [0.4, 0.5) is 5.13 Å². The van der Waals surface area contributed by atoms with Crippen LogP contribution in [0, 0.1) is 0 Å². The zero-order valence-electron chi connectivity index (χ0n) is 9.64. The molecular weight excluding hydrogens is 232 g/mol. The van der Waals surface area contributed by atoms with E-state index in [1.807, 2.05) is 31.3 Å². The number of hydrogen-bond acceptors (Lipinski definition) is 3. The predicted octanol–water partition coefficient (Wildman–Crippen LogP) is 3.08. The van der Waals surface area contributed by atoms with Gasteiger partial charge in [-0.2, -0.15) is 0 Å². The first-order valence-electron chi connectivity index (χ1n) is 5.56. The minimum Gasteiger partial charge on any atom is -0.302 e. The summed E-state index contributed by atoms with van der Waals surface area (Å²) in [5.41, 5.74) is 1.25. The van der Waals surface area contributed by atoms with E-state index in [0.29, 0.717) is 11.6 Å². The average Bonchev–Trinajstić information content (AvgIpc) is 2.77. The van der Waals surface area contributed by atoms with Crippen LogP contribution in [-0.4, -0.2) is 10.9 Å². The SMILES string of the molecule is CCC(=O)Nc1ncc(Cc2ccccc2)s1. The van der Waals surface area contributed by atoms with Gasteiger partial charge in [-0.3, -0.25) is 4.79 Å². The number of hydrogen-bond donors (Lipinski definition) is 1. The van der Waals surface area contributed by atoms with Gasteiger partial charge in [0, 0.05) is 23.9 Å². The van der Waals surface area contributed by atoms with Gasteiger partial charge in [0.15, 0.2) is 5.13 Å². The third kappa shape index (κ3) is 3.39. The van der Waals surface area contributed by atoms with Gasteiger partial charge < -0.3 is 5.32 Å². The number of amides is 1. The summed E-state index contributed by atoms with van der Waals surface area (Å²) in [5, 5.41) is 3.45. The largest absolute Gasteiger partial charge is 0.302 e. The molecule has 3 nitrogen and oxygen atoms in total. The Balaban J connectivity index is 2.01. The molecule has 1 aromatic heterocycles. The second kappa shape index (κ2) is 5.59. The first kappa shape index (κ1) is 11.8. The highest BCUT2D eigenvalue weighted by molar-refractivity contribution is 7.15. The Kier molecular flexibility index (Phi) is 3.88. The molecule has 2 rings (SSSR count). The van der Waals surface area contributed by atoms with Gasteiger partial charge in [-0.15, -0.1) is 11.3 Å². The maximum absolute atomic E-state index is 11.2. The summed E-state index contributed by atoms with van der Waals surface area (Å²) in [5.74, 6) is 0.00520. The quantitative estimate of drug-likeness (QED) is 0.900. The van der Waals surface area contributed by atoms with Gasteiger partial charge in [-0.25, -0.2) is 4.98 Å². The third-order valence-corrected chi connectivity index (χ3v) is 3.25. The van der Waals surface area contributed by atoms with E-state index in [1.54, 1.807) is 0 Å². The van der Waals surface area contributed by atoms with E-state index in [1.165, 1.54) is 16.9 Å². The molecule has 1 heterocycles. The fourth-order valence-corrected chi connectivity index (χ4v) is 2.31. The minimum absolute atomic E-state index is 0.00520. The number of aromatic nitrogens is 1. The van der Waals surface area contributed by atoms with Crippen LogP contribution in [0.15, 0.2) is 36.5 Å². The number of rotatable bonds is 4. The molecule has 0 saturated carbocycles. The standard InChI is InChI=1S/C13H14N2OS/c1-2-12(16)15-13-14-9-11(17-13)8-10-6-4-3-5-7-10/h3-7,9H,2,8H2,1H3,(H,14,15,16). The Labute approximate surface area is 105 Å². The van der Waals surface area contributed by atoms with Crippen molar-refractivity contribution in [2.24, 2.45) is 0 Å². The first-order chi connectivity index (χ1) is 8.28. The van der Waals surface area contributed by atoms with Gasteiger partial charge in [0.25, 0.3) is 0 Å². The smallest absolute Gasteiger partial charge is 0.225 e. The molecule has 0 aliphatic rings. The molecule has 2 aromatic rings. The van der Waals surface area contributed by atoms with Crippen LogP contribution in [0.2, 0.25) is 0 Å². The molecule has 0 spiro atoms. The Morgan fingerprint density at radius 2 is 2.12 bits per heavy atom. The third-order valence-electron chi connectivity index (χ3n) is 2.34.